The van der Waals surface area contributed by atoms with E-state index in [-0.39, 0.29) is 12.7 Å². The predicted molar refractivity (Wildman–Crippen MR) is 69.8 cm³/mol. The zero-order valence-corrected chi connectivity index (χ0v) is 10.7. The summed E-state index contributed by atoms with van der Waals surface area (Å²) >= 11 is 0. The van der Waals surface area contributed by atoms with Gasteiger partial charge in [0.2, 0.25) is 0 Å². The zero-order chi connectivity index (χ0) is 12.7. The highest BCUT2D eigenvalue weighted by Gasteiger charge is 2.09. The number of hydrogen-bond donors (Lipinski definition) is 2. The van der Waals surface area contributed by atoms with Crippen LogP contribution in [0.2, 0.25) is 0 Å². The van der Waals surface area contributed by atoms with Gasteiger partial charge in [0, 0.05) is 6.54 Å². The van der Waals surface area contributed by atoms with Crippen LogP contribution in [0.4, 0.5) is 0 Å². The van der Waals surface area contributed by atoms with Crippen LogP contribution >= 0.6 is 0 Å². The van der Waals surface area contributed by atoms with E-state index in [4.69, 9.17) is 15.6 Å². The number of nitrogens with two attached hydrogens (primary N) is 1. The van der Waals surface area contributed by atoms with Crippen LogP contribution in [0, 0.1) is 5.92 Å². The fourth-order valence-corrected chi connectivity index (χ4v) is 1.84. The van der Waals surface area contributed by atoms with Crippen molar-refractivity contribution in [3.05, 3.63) is 35.4 Å². The molecule has 0 aliphatic rings. The normalized spacial score (nSPS) is 13.0. The molecule has 0 spiro atoms. The number of aliphatic hydroxyl groups excluding tert-OH is 1. The molecule has 0 bridgehead atoms. The molecule has 0 saturated carbocycles. The molecule has 96 valence electrons. The summed E-state index contributed by atoms with van der Waals surface area (Å²) in [7, 11) is 0. The Hall–Kier alpha value is -0.900. The van der Waals surface area contributed by atoms with Crippen LogP contribution in [0.1, 0.15) is 31.1 Å². The van der Waals surface area contributed by atoms with Gasteiger partial charge in [0.25, 0.3) is 0 Å². The molecule has 1 rings (SSSR count). The predicted octanol–water partition coefficient (Wildman–Crippen LogP) is 1.89. The Morgan fingerprint density at radius 2 is 1.88 bits per heavy atom. The lowest BCUT2D eigenvalue weighted by atomic mass is 10.0. The lowest BCUT2D eigenvalue weighted by Gasteiger charge is -2.16. The highest BCUT2D eigenvalue weighted by molar-refractivity contribution is 5.24. The molecule has 0 fully saturated rings. The van der Waals surface area contributed by atoms with E-state index in [1.165, 1.54) is 5.56 Å². The summed E-state index contributed by atoms with van der Waals surface area (Å²) in [6, 6.07) is 8.37. The van der Waals surface area contributed by atoms with Crippen molar-refractivity contribution in [3.63, 3.8) is 0 Å². The second-order valence-corrected chi connectivity index (χ2v) is 4.66. The minimum absolute atomic E-state index is 0.0297. The largest absolute Gasteiger partial charge is 0.394 e. The van der Waals surface area contributed by atoms with Crippen molar-refractivity contribution < 1.29 is 9.84 Å². The molecule has 0 aliphatic carbocycles. The smallest absolute Gasteiger partial charge is 0.0948 e. The topological polar surface area (TPSA) is 55.5 Å². The van der Waals surface area contributed by atoms with Crippen molar-refractivity contribution in [2.75, 3.05) is 19.8 Å². The van der Waals surface area contributed by atoms with Crippen LogP contribution < -0.4 is 5.73 Å². The molecule has 0 heterocycles. The van der Waals surface area contributed by atoms with E-state index in [1.807, 2.05) is 0 Å². The van der Waals surface area contributed by atoms with Crippen LogP contribution in [0.3, 0.4) is 0 Å². The third-order valence-electron chi connectivity index (χ3n) is 2.62. The van der Waals surface area contributed by atoms with Crippen molar-refractivity contribution in [1.29, 1.82) is 0 Å². The average molecular weight is 237 g/mol. The second kappa shape index (κ2) is 7.43. The van der Waals surface area contributed by atoms with Gasteiger partial charge in [0.05, 0.1) is 19.3 Å². The SMILES string of the molecule is CC(C)Cc1ccc(C(CN)OCCO)cc1. The fourth-order valence-electron chi connectivity index (χ4n) is 1.84. The van der Waals surface area contributed by atoms with Crippen molar-refractivity contribution >= 4 is 0 Å². The van der Waals surface area contributed by atoms with Gasteiger partial charge in [-0.05, 0) is 23.5 Å². The molecule has 0 amide bonds. The summed E-state index contributed by atoms with van der Waals surface area (Å²) in [6.45, 7) is 5.21. The number of aliphatic hydroxyl groups is 1. The van der Waals surface area contributed by atoms with Gasteiger partial charge in [-0.1, -0.05) is 38.1 Å². The summed E-state index contributed by atoms with van der Waals surface area (Å²) in [5, 5.41) is 8.73. The Balaban J connectivity index is 2.64. The molecule has 3 N–H and O–H groups in total. The third kappa shape index (κ3) is 4.86. The van der Waals surface area contributed by atoms with Crippen LogP contribution in [0.15, 0.2) is 24.3 Å². The maximum Gasteiger partial charge on any atom is 0.0948 e. The minimum Gasteiger partial charge on any atom is -0.394 e. The summed E-state index contributed by atoms with van der Waals surface area (Å²) in [5.41, 5.74) is 8.07. The lowest BCUT2D eigenvalue weighted by molar-refractivity contribution is 0.0329. The Morgan fingerprint density at radius 1 is 1.24 bits per heavy atom. The summed E-state index contributed by atoms with van der Waals surface area (Å²) in [4.78, 5) is 0. The quantitative estimate of drug-likeness (QED) is 0.761. The first-order valence-electron chi connectivity index (χ1n) is 6.18. The molecule has 3 heteroatoms. The maximum atomic E-state index is 8.73. The Kier molecular flexibility index (Phi) is 6.19. The van der Waals surface area contributed by atoms with E-state index in [0.29, 0.717) is 19.1 Å². The Labute approximate surface area is 104 Å². The first-order valence-corrected chi connectivity index (χ1v) is 6.18. The monoisotopic (exact) mass is 237 g/mol. The molecule has 0 aromatic heterocycles. The van der Waals surface area contributed by atoms with Crippen LogP contribution in [0.5, 0.6) is 0 Å². The van der Waals surface area contributed by atoms with E-state index in [2.05, 4.69) is 38.1 Å². The first kappa shape index (κ1) is 14.2. The molecule has 17 heavy (non-hydrogen) atoms. The molecule has 1 unspecified atom stereocenters. The molecule has 0 radical (unpaired) electrons. The Bertz CT molecular complexity index is 309. The third-order valence-corrected chi connectivity index (χ3v) is 2.62. The van der Waals surface area contributed by atoms with Gasteiger partial charge >= 0.3 is 0 Å². The fraction of sp³-hybridized carbons (Fsp3) is 0.571. The van der Waals surface area contributed by atoms with E-state index >= 15 is 0 Å². The van der Waals surface area contributed by atoms with Gasteiger partial charge in [-0.3, -0.25) is 0 Å². The van der Waals surface area contributed by atoms with Crippen molar-refractivity contribution in [1.82, 2.24) is 0 Å². The van der Waals surface area contributed by atoms with E-state index in [1.54, 1.807) is 0 Å². The molecular formula is C14H23NO2. The van der Waals surface area contributed by atoms with E-state index in [0.717, 1.165) is 12.0 Å². The standard InChI is InChI=1S/C14H23NO2/c1-11(2)9-12-3-5-13(6-4-12)14(10-15)17-8-7-16/h3-6,11,14,16H,7-10,15H2,1-2H3. The molecular weight excluding hydrogens is 214 g/mol. The zero-order valence-electron chi connectivity index (χ0n) is 10.7. The number of hydrogen-bond acceptors (Lipinski definition) is 3. The molecule has 0 aliphatic heterocycles. The number of benzene rings is 1. The lowest BCUT2D eigenvalue weighted by Crippen LogP contribution is -2.17. The van der Waals surface area contributed by atoms with Crippen molar-refractivity contribution in [2.45, 2.75) is 26.4 Å². The molecule has 3 nitrogen and oxygen atoms in total. The van der Waals surface area contributed by atoms with Gasteiger partial charge in [-0.2, -0.15) is 0 Å². The molecule has 0 saturated heterocycles. The van der Waals surface area contributed by atoms with Gasteiger partial charge in [0.15, 0.2) is 0 Å². The van der Waals surface area contributed by atoms with Crippen LogP contribution in [-0.2, 0) is 11.2 Å². The minimum atomic E-state index is -0.116. The van der Waals surface area contributed by atoms with Gasteiger partial charge in [-0.15, -0.1) is 0 Å². The van der Waals surface area contributed by atoms with Gasteiger partial charge in [0.1, 0.15) is 0 Å². The molecule has 1 atom stereocenters. The Morgan fingerprint density at radius 3 is 2.35 bits per heavy atom. The second-order valence-electron chi connectivity index (χ2n) is 4.66. The summed E-state index contributed by atoms with van der Waals surface area (Å²) in [5.74, 6) is 0.664. The van der Waals surface area contributed by atoms with E-state index in [9.17, 15) is 0 Å². The van der Waals surface area contributed by atoms with Crippen molar-refractivity contribution in [2.24, 2.45) is 11.7 Å². The highest BCUT2D eigenvalue weighted by atomic mass is 16.5. The average Bonchev–Trinajstić information content (AvgIpc) is 2.31. The molecule has 1 aromatic carbocycles. The van der Waals surface area contributed by atoms with Crippen LogP contribution in [-0.4, -0.2) is 24.9 Å². The first-order chi connectivity index (χ1) is 8.17. The number of rotatable bonds is 7. The summed E-state index contributed by atoms with van der Waals surface area (Å²) in [6.07, 6.45) is 0.973. The highest BCUT2D eigenvalue weighted by Crippen LogP contribution is 2.18. The number of ether oxygens (including phenoxy) is 1. The molecule has 1 aromatic rings. The summed E-state index contributed by atoms with van der Waals surface area (Å²) < 4.78 is 5.47. The van der Waals surface area contributed by atoms with Crippen molar-refractivity contribution in [3.8, 4) is 0 Å². The van der Waals surface area contributed by atoms with E-state index < -0.39 is 0 Å². The maximum absolute atomic E-state index is 8.73. The van der Waals surface area contributed by atoms with Gasteiger partial charge < -0.3 is 15.6 Å². The van der Waals surface area contributed by atoms with Crippen LogP contribution in [0.25, 0.3) is 0 Å². The van der Waals surface area contributed by atoms with Gasteiger partial charge in [-0.25, -0.2) is 0 Å².